The second-order valence-corrected chi connectivity index (χ2v) is 7.01. The van der Waals surface area contributed by atoms with Crippen molar-refractivity contribution in [3.8, 4) is 0 Å². The molecule has 0 radical (unpaired) electrons. The van der Waals surface area contributed by atoms with Crippen LogP contribution < -0.4 is 0 Å². The van der Waals surface area contributed by atoms with E-state index in [0.717, 1.165) is 25.6 Å². The van der Waals surface area contributed by atoms with Crippen LogP contribution >= 0.6 is 38.5 Å². The van der Waals surface area contributed by atoms with E-state index in [1.807, 2.05) is 30.3 Å². The lowest BCUT2D eigenvalue weighted by atomic mass is 9.99. The van der Waals surface area contributed by atoms with E-state index in [0.29, 0.717) is 0 Å². The van der Waals surface area contributed by atoms with Crippen molar-refractivity contribution in [2.24, 2.45) is 0 Å². The number of unbranched alkanes of at least 4 members (excludes halogenated alkanes) is 1. The Bertz CT molecular complexity index is 566. The fourth-order valence-corrected chi connectivity index (χ4v) is 3.13. The molecule has 0 heterocycles. The van der Waals surface area contributed by atoms with Gasteiger partial charge in [-0.05, 0) is 64.8 Å². The van der Waals surface area contributed by atoms with Crippen molar-refractivity contribution in [1.82, 2.24) is 0 Å². The summed E-state index contributed by atoms with van der Waals surface area (Å²) in [6.07, 6.45) is 2.95. The van der Waals surface area contributed by atoms with Crippen molar-refractivity contribution in [3.05, 3.63) is 67.2 Å². The number of benzene rings is 2. The molecule has 2 aromatic carbocycles. The zero-order valence-electron chi connectivity index (χ0n) is 11.4. The van der Waals surface area contributed by atoms with Crippen molar-refractivity contribution >= 4 is 38.5 Å². The summed E-state index contributed by atoms with van der Waals surface area (Å²) in [7, 11) is 0. The van der Waals surface area contributed by atoms with Gasteiger partial charge in [-0.15, -0.1) is 0 Å². The monoisotopic (exact) mass is 444 g/mol. The number of hydrogen-bond donors (Lipinski definition) is 1. The van der Waals surface area contributed by atoms with Gasteiger partial charge in [0.2, 0.25) is 0 Å². The molecular formula is C17H18BrIO. The number of rotatable bonds is 5. The molecule has 1 nitrogen and oxygen atoms in total. The number of halogens is 2. The third-order valence-electron chi connectivity index (χ3n) is 3.37. The Morgan fingerprint density at radius 1 is 1.15 bits per heavy atom. The molecule has 0 bridgehead atoms. The maximum Gasteiger partial charge on any atom is 0.105 e. The van der Waals surface area contributed by atoms with Gasteiger partial charge in [-0.2, -0.15) is 0 Å². The molecule has 2 rings (SSSR count). The summed E-state index contributed by atoms with van der Waals surface area (Å²) in [5, 5.41) is 10.5. The van der Waals surface area contributed by atoms with Gasteiger partial charge in [0.25, 0.3) is 0 Å². The van der Waals surface area contributed by atoms with Crippen LogP contribution in [-0.2, 0) is 6.42 Å². The third-order valence-corrected chi connectivity index (χ3v) is 4.76. The molecule has 1 N–H and O–H groups in total. The summed E-state index contributed by atoms with van der Waals surface area (Å²) >= 11 is 5.78. The molecule has 106 valence electrons. The molecule has 0 fully saturated rings. The van der Waals surface area contributed by atoms with E-state index < -0.39 is 6.10 Å². The predicted octanol–water partition coefficient (Wildman–Crippen LogP) is 5.48. The third kappa shape index (κ3) is 4.06. The number of aliphatic hydroxyl groups excluding tert-OH is 1. The van der Waals surface area contributed by atoms with Crippen LogP contribution in [0.25, 0.3) is 0 Å². The lowest BCUT2D eigenvalue weighted by Crippen LogP contribution is -2.01. The van der Waals surface area contributed by atoms with Gasteiger partial charge in [-0.3, -0.25) is 0 Å². The Balaban J connectivity index is 2.20. The van der Waals surface area contributed by atoms with Crippen molar-refractivity contribution in [2.45, 2.75) is 32.3 Å². The Kier molecular flexibility index (Phi) is 6.05. The van der Waals surface area contributed by atoms with Gasteiger partial charge in [-0.1, -0.05) is 53.5 Å². The molecule has 2 aromatic rings. The SMILES string of the molecule is CCCCc1ccc(C(O)c2cc(I)ccc2Br)cc1. The number of hydrogen-bond acceptors (Lipinski definition) is 1. The van der Waals surface area contributed by atoms with Crippen molar-refractivity contribution in [1.29, 1.82) is 0 Å². The second kappa shape index (κ2) is 7.57. The molecule has 0 saturated heterocycles. The lowest BCUT2D eigenvalue weighted by molar-refractivity contribution is 0.219. The van der Waals surface area contributed by atoms with Crippen LogP contribution in [0.1, 0.15) is 42.6 Å². The lowest BCUT2D eigenvalue weighted by Gasteiger charge is -2.14. The first-order chi connectivity index (χ1) is 9.61. The molecule has 0 aliphatic heterocycles. The summed E-state index contributed by atoms with van der Waals surface area (Å²) in [5.41, 5.74) is 3.19. The van der Waals surface area contributed by atoms with Crippen LogP contribution in [-0.4, -0.2) is 5.11 Å². The van der Waals surface area contributed by atoms with Gasteiger partial charge in [0.05, 0.1) is 0 Å². The Morgan fingerprint density at radius 3 is 2.50 bits per heavy atom. The normalized spacial score (nSPS) is 12.4. The number of aliphatic hydroxyl groups is 1. The topological polar surface area (TPSA) is 20.2 Å². The molecule has 0 saturated carbocycles. The summed E-state index contributed by atoms with van der Waals surface area (Å²) < 4.78 is 2.07. The van der Waals surface area contributed by atoms with Gasteiger partial charge in [0.1, 0.15) is 6.10 Å². The van der Waals surface area contributed by atoms with Crippen LogP contribution in [0.2, 0.25) is 0 Å². The molecule has 1 unspecified atom stereocenters. The van der Waals surface area contributed by atoms with Crippen molar-refractivity contribution in [2.75, 3.05) is 0 Å². The molecule has 0 aliphatic carbocycles. The van der Waals surface area contributed by atoms with Crippen LogP contribution in [0.4, 0.5) is 0 Å². The molecule has 0 aliphatic rings. The quantitative estimate of drug-likeness (QED) is 0.605. The van der Waals surface area contributed by atoms with Gasteiger partial charge < -0.3 is 5.11 Å². The molecule has 20 heavy (non-hydrogen) atoms. The van der Waals surface area contributed by atoms with Crippen molar-refractivity contribution in [3.63, 3.8) is 0 Å². The highest BCUT2D eigenvalue weighted by Gasteiger charge is 2.14. The van der Waals surface area contributed by atoms with E-state index in [2.05, 4.69) is 57.6 Å². The Hall–Kier alpha value is -0.390. The van der Waals surface area contributed by atoms with Gasteiger partial charge in [-0.25, -0.2) is 0 Å². The van der Waals surface area contributed by atoms with Gasteiger partial charge in [0, 0.05) is 13.6 Å². The smallest absolute Gasteiger partial charge is 0.105 e. The van der Waals surface area contributed by atoms with E-state index in [1.165, 1.54) is 18.4 Å². The fraction of sp³-hybridized carbons (Fsp3) is 0.294. The fourth-order valence-electron chi connectivity index (χ4n) is 2.15. The summed E-state index contributed by atoms with van der Waals surface area (Å²) in [6.45, 7) is 2.20. The van der Waals surface area contributed by atoms with Gasteiger partial charge >= 0.3 is 0 Å². The zero-order valence-corrected chi connectivity index (χ0v) is 15.2. The predicted molar refractivity (Wildman–Crippen MR) is 96.0 cm³/mol. The van der Waals surface area contributed by atoms with Gasteiger partial charge in [0.15, 0.2) is 0 Å². The Labute approximate surface area is 142 Å². The highest BCUT2D eigenvalue weighted by molar-refractivity contribution is 14.1. The van der Waals surface area contributed by atoms with E-state index >= 15 is 0 Å². The minimum absolute atomic E-state index is 0.584. The maximum atomic E-state index is 10.5. The summed E-state index contributed by atoms with van der Waals surface area (Å²) in [4.78, 5) is 0. The largest absolute Gasteiger partial charge is 0.384 e. The second-order valence-electron chi connectivity index (χ2n) is 4.91. The first-order valence-electron chi connectivity index (χ1n) is 6.83. The average Bonchev–Trinajstić information content (AvgIpc) is 2.47. The van der Waals surface area contributed by atoms with Crippen LogP contribution in [0, 0.1) is 3.57 Å². The Morgan fingerprint density at radius 2 is 1.85 bits per heavy atom. The minimum Gasteiger partial charge on any atom is -0.384 e. The minimum atomic E-state index is -0.584. The van der Waals surface area contributed by atoms with Crippen LogP contribution in [0.5, 0.6) is 0 Å². The zero-order chi connectivity index (χ0) is 14.5. The van der Waals surface area contributed by atoms with Crippen LogP contribution in [0.3, 0.4) is 0 Å². The number of aryl methyl sites for hydroxylation is 1. The van der Waals surface area contributed by atoms with Crippen molar-refractivity contribution < 1.29 is 5.11 Å². The average molecular weight is 445 g/mol. The molecule has 1 atom stereocenters. The summed E-state index contributed by atoms with van der Waals surface area (Å²) in [5.74, 6) is 0. The molecule has 3 heteroatoms. The summed E-state index contributed by atoms with van der Waals surface area (Å²) in [6, 6.07) is 14.3. The molecule has 0 spiro atoms. The van der Waals surface area contributed by atoms with E-state index in [-0.39, 0.29) is 0 Å². The molecule has 0 amide bonds. The first-order valence-corrected chi connectivity index (χ1v) is 8.71. The van der Waals surface area contributed by atoms with E-state index in [1.54, 1.807) is 0 Å². The van der Waals surface area contributed by atoms with E-state index in [9.17, 15) is 5.11 Å². The first kappa shape index (κ1) is 16.0. The maximum absolute atomic E-state index is 10.5. The standard InChI is InChI=1S/C17H18BrIO/c1-2-3-4-12-5-7-13(8-6-12)17(20)15-11-14(19)9-10-16(15)18/h5-11,17,20H,2-4H2,1H3. The highest BCUT2D eigenvalue weighted by atomic mass is 127. The molecule has 0 aromatic heterocycles. The highest BCUT2D eigenvalue weighted by Crippen LogP contribution is 2.30. The molecular weight excluding hydrogens is 427 g/mol. The van der Waals surface area contributed by atoms with E-state index in [4.69, 9.17) is 0 Å². The van der Waals surface area contributed by atoms with Crippen LogP contribution in [0.15, 0.2) is 46.9 Å².